The van der Waals surface area contributed by atoms with Crippen LogP contribution >= 0.6 is 0 Å². The molecule has 3 aromatic carbocycles. The monoisotopic (exact) mass is 346 g/mol. The Morgan fingerprint density at radius 2 is 0.885 bits per heavy atom. The van der Waals surface area contributed by atoms with Crippen molar-refractivity contribution in [3.63, 3.8) is 0 Å². The van der Waals surface area contributed by atoms with Crippen molar-refractivity contribution in [2.24, 2.45) is 43.3 Å². The summed E-state index contributed by atoms with van der Waals surface area (Å²) in [5, 5.41) is 19.3. The van der Waals surface area contributed by atoms with E-state index in [0.29, 0.717) is 0 Å². The fraction of sp³-hybridized carbons (Fsp3) is 0. The first-order valence-corrected chi connectivity index (χ1v) is 7.75. The van der Waals surface area contributed by atoms with E-state index < -0.39 is 0 Å². The highest BCUT2D eigenvalue weighted by atomic mass is 15.3. The van der Waals surface area contributed by atoms with Crippen LogP contribution in [0.3, 0.4) is 0 Å². The van der Waals surface area contributed by atoms with E-state index in [1.54, 1.807) is 12.4 Å². The summed E-state index contributed by atoms with van der Waals surface area (Å²) < 4.78 is 0. The van der Waals surface area contributed by atoms with Crippen molar-refractivity contribution in [3.8, 4) is 0 Å². The normalized spacial score (nSPS) is 11.4. The molecule has 26 heavy (non-hydrogen) atoms. The Bertz CT molecular complexity index is 928. The van der Waals surface area contributed by atoms with E-state index in [4.69, 9.17) is 22.9 Å². The van der Waals surface area contributed by atoms with Gasteiger partial charge in [-0.2, -0.15) is 10.2 Å². The number of nitrogens with zero attached hydrogens (tertiary/aromatic N) is 4. The Labute approximate surface area is 149 Å². The quantitative estimate of drug-likeness (QED) is 0.242. The highest BCUT2D eigenvalue weighted by molar-refractivity contribution is 6.21. The molecule has 0 atom stereocenters. The van der Waals surface area contributed by atoms with Gasteiger partial charge in [-0.1, -0.05) is 48.5 Å². The van der Waals surface area contributed by atoms with Crippen molar-refractivity contribution in [2.45, 2.75) is 0 Å². The van der Waals surface area contributed by atoms with Crippen LogP contribution in [0.4, 0.5) is 0 Å². The highest BCUT2D eigenvalue weighted by Gasteiger charge is 2.11. The Balaban J connectivity index is 2.35. The van der Waals surface area contributed by atoms with Crippen LogP contribution in [0.5, 0.6) is 0 Å². The van der Waals surface area contributed by atoms with Crippen molar-refractivity contribution in [1.29, 1.82) is 0 Å². The molecule has 0 amide bonds. The zero-order valence-electron chi connectivity index (χ0n) is 13.9. The lowest BCUT2D eigenvalue weighted by Gasteiger charge is -2.11. The van der Waals surface area contributed by atoms with Crippen LogP contribution in [-0.2, 0) is 0 Å². The molecule has 0 heterocycles. The first-order chi connectivity index (χ1) is 12.6. The number of benzene rings is 3. The second-order valence-electron chi connectivity index (χ2n) is 5.46. The molecule has 0 aromatic heterocycles. The van der Waals surface area contributed by atoms with Gasteiger partial charge in [0.1, 0.15) is 0 Å². The Morgan fingerprint density at radius 1 is 0.577 bits per heavy atom. The number of hydrogen-bond acceptors (Lipinski definition) is 4. The predicted octanol–water partition coefficient (Wildman–Crippen LogP) is 1.21. The third-order valence-electron chi connectivity index (χ3n) is 3.73. The fourth-order valence-electron chi connectivity index (χ4n) is 2.78. The Kier molecular flexibility index (Phi) is 4.75. The van der Waals surface area contributed by atoms with Crippen molar-refractivity contribution >= 4 is 45.9 Å². The second-order valence-corrected chi connectivity index (χ2v) is 5.46. The molecule has 0 aliphatic heterocycles. The first kappa shape index (κ1) is 16.9. The van der Waals surface area contributed by atoms with Gasteiger partial charge in [0.15, 0.2) is 0 Å². The molecule has 0 spiro atoms. The lowest BCUT2D eigenvalue weighted by Crippen LogP contribution is -2.21. The first-order valence-electron chi connectivity index (χ1n) is 7.75. The third-order valence-corrected chi connectivity index (χ3v) is 3.73. The van der Waals surface area contributed by atoms with Gasteiger partial charge in [0.25, 0.3) is 0 Å². The fourth-order valence-corrected chi connectivity index (χ4v) is 2.78. The van der Waals surface area contributed by atoms with Crippen molar-refractivity contribution in [3.05, 3.63) is 59.7 Å². The van der Waals surface area contributed by atoms with E-state index in [-0.39, 0.29) is 11.9 Å². The molecule has 0 aliphatic rings. The summed E-state index contributed by atoms with van der Waals surface area (Å²) >= 11 is 0. The maximum Gasteiger partial charge on any atom is 0.211 e. The van der Waals surface area contributed by atoms with Gasteiger partial charge in [0.2, 0.25) is 11.9 Å². The molecule has 0 aliphatic carbocycles. The predicted molar refractivity (Wildman–Crippen MR) is 108 cm³/mol. The lowest BCUT2D eigenvalue weighted by atomic mass is 9.92. The molecular formula is C18H18N8. The summed E-state index contributed by atoms with van der Waals surface area (Å²) in [6, 6.07) is 15.8. The maximum atomic E-state index is 5.35. The van der Waals surface area contributed by atoms with E-state index in [1.165, 1.54) is 0 Å². The minimum absolute atomic E-state index is 0.101. The standard InChI is InChI=1S/C18H18N8/c19-17(20)25-23-9-15-11-5-1-2-6-12(11)16(10-24-26-18(21)22)14-8-4-3-7-13(14)15/h1-10H,(H4,19,20,25)(H4,21,22,26)/b23-9+,24-10+. The van der Waals surface area contributed by atoms with Crippen molar-refractivity contribution in [2.75, 3.05) is 0 Å². The van der Waals surface area contributed by atoms with Gasteiger partial charge < -0.3 is 22.9 Å². The van der Waals surface area contributed by atoms with Crippen LogP contribution in [0.25, 0.3) is 21.5 Å². The molecular weight excluding hydrogens is 328 g/mol. The molecule has 0 saturated carbocycles. The molecule has 8 nitrogen and oxygen atoms in total. The summed E-state index contributed by atoms with van der Waals surface area (Å²) in [5.41, 5.74) is 23.2. The summed E-state index contributed by atoms with van der Waals surface area (Å²) in [5.74, 6) is -0.202. The average Bonchev–Trinajstić information content (AvgIpc) is 2.62. The number of fused-ring (bicyclic) bond motifs is 2. The van der Waals surface area contributed by atoms with Crippen LogP contribution < -0.4 is 22.9 Å². The smallest absolute Gasteiger partial charge is 0.211 e. The second kappa shape index (κ2) is 7.31. The topological polar surface area (TPSA) is 154 Å². The van der Waals surface area contributed by atoms with E-state index in [1.807, 2.05) is 48.5 Å². The van der Waals surface area contributed by atoms with Gasteiger partial charge in [-0.3, -0.25) is 0 Å². The number of rotatable bonds is 4. The largest absolute Gasteiger partial charge is 0.369 e. The van der Waals surface area contributed by atoms with Crippen LogP contribution in [0, 0.1) is 0 Å². The van der Waals surface area contributed by atoms with Gasteiger partial charge >= 0.3 is 0 Å². The molecule has 3 rings (SSSR count). The Hall–Kier alpha value is -3.94. The zero-order chi connectivity index (χ0) is 18.5. The van der Waals surface area contributed by atoms with Gasteiger partial charge in [-0.25, -0.2) is 0 Å². The van der Waals surface area contributed by atoms with Crippen molar-refractivity contribution in [1.82, 2.24) is 0 Å². The summed E-state index contributed by atoms with van der Waals surface area (Å²) in [6.07, 6.45) is 3.28. The molecule has 0 saturated heterocycles. The van der Waals surface area contributed by atoms with E-state index >= 15 is 0 Å². The van der Waals surface area contributed by atoms with E-state index in [0.717, 1.165) is 32.7 Å². The maximum absolute atomic E-state index is 5.35. The molecule has 8 heteroatoms. The summed E-state index contributed by atoms with van der Waals surface area (Å²) in [7, 11) is 0. The molecule has 0 unspecified atom stereocenters. The van der Waals surface area contributed by atoms with Gasteiger partial charge in [-0.15, -0.1) is 10.2 Å². The zero-order valence-corrected chi connectivity index (χ0v) is 13.9. The lowest BCUT2D eigenvalue weighted by molar-refractivity contribution is 1.22. The number of hydrogen-bond donors (Lipinski definition) is 4. The van der Waals surface area contributed by atoms with Crippen molar-refractivity contribution < 1.29 is 0 Å². The third kappa shape index (κ3) is 3.44. The molecule has 0 radical (unpaired) electrons. The van der Waals surface area contributed by atoms with Crippen LogP contribution in [0.1, 0.15) is 11.1 Å². The minimum Gasteiger partial charge on any atom is -0.369 e. The van der Waals surface area contributed by atoms with Gasteiger partial charge in [0, 0.05) is 11.1 Å². The van der Waals surface area contributed by atoms with E-state index in [2.05, 4.69) is 20.4 Å². The number of guanidine groups is 2. The summed E-state index contributed by atoms with van der Waals surface area (Å²) in [4.78, 5) is 0. The van der Waals surface area contributed by atoms with Gasteiger partial charge in [0.05, 0.1) is 12.4 Å². The van der Waals surface area contributed by atoms with Gasteiger partial charge in [-0.05, 0) is 21.5 Å². The number of nitrogens with two attached hydrogens (primary N) is 4. The van der Waals surface area contributed by atoms with E-state index in [9.17, 15) is 0 Å². The minimum atomic E-state index is -0.101. The molecule has 8 N–H and O–H groups in total. The Morgan fingerprint density at radius 3 is 1.15 bits per heavy atom. The molecule has 0 bridgehead atoms. The average molecular weight is 346 g/mol. The SMILES string of the molecule is NC(N)=N/N=C/c1c2ccccc2c(/C=N/N=C(N)N)c2ccccc12. The van der Waals surface area contributed by atoms with Crippen LogP contribution in [-0.4, -0.2) is 24.3 Å². The van der Waals surface area contributed by atoms with Crippen LogP contribution in [0.2, 0.25) is 0 Å². The molecule has 0 fully saturated rings. The van der Waals surface area contributed by atoms with Crippen LogP contribution in [0.15, 0.2) is 68.9 Å². The molecule has 3 aromatic rings. The molecule has 130 valence electrons. The summed E-state index contributed by atoms with van der Waals surface area (Å²) in [6.45, 7) is 0. The highest BCUT2D eigenvalue weighted by Crippen LogP contribution is 2.31.